The van der Waals surface area contributed by atoms with Crippen molar-refractivity contribution in [2.45, 2.75) is 38.5 Å². The first-order chi connectivity index (χ1) is 12.3. The number of anilines is 1. The number of para-hydroxylation sites is 1. The van der Waals surface area contributed by atoms with Gasteiger partial charge in [0.25, 0.3) is 0 Å². The lowest BCUT2D eigenvalue weighted by atomic mass is 9.97. The van der Waals surface area contributed by atoms with Gasteiger partial charge in [0, 0.05) is 25.8 Å². The zero-order valence-corrected chi connectivity index (χ0v) is 15.1. The number of nitrogens with one attached hydrogen (secondary N) is 2. The Balaban J connectivity index is 1.43. The molecule has 1 aromatic rings. The molecule has 0 unspecified atom stereocenters. The summed E-state index contributed by atoms with van der Waals surface area (Å²) in [5.74, 6) is 0.778. The van der Waals surface area contributed by atoms with Gasteiger partial charge in [-0.15, -0.1) is 0 Å². The fourth-order valence-corrected chi connectivity index (χ4v) is 3.55. The molecule has 0 spiro atoms. The van der Waals surface area contributed by atoms with Crippen molar-refractivity contribution in [3.8, 4) is 0 Å². The molecule has 2 aliphatic rings. The SMILES string of the molecule is CN=C(NCCC1=CCCCC1)NCC(=O)N1CCc2ccccc21. The van der Waals surface area contributed by atoms with Crippen molar-refractivity contribution in [3.05, 3.63) is 41.5 Å². The molecule has 0 radical (unpaired) electrons. The Morgan fingerprint density at radius 2 is 2.08 bits per heavy atom. The lowest BCUT2D eigenvalue weighted by Gasteiger charge is -2.19. The number of aliphatic imine (C=N–C) groups is 1. The average molecular weight is 340 g/mol. The highest BCUT2D eigenvalue weighted by molar-refractivity contribution is 5.98. The van der Waals surface area contributed by atoms with Crippen LogP contribution in [0, 0.1) is 0 Å². The van der Waals surface area contributed by atoms with Crippen LogP contribution in [-0.2, 0) is 11.2 Å². The second kappa shape index (κ2) is 8.70. The Morgan fingerprint density at radius 1 is 1.20 bits per heavy atom. The maximum Gasteiger partial charge on any atom is 0.246 e. The molecule has 0 saturated heterocycles. The molecule has 5 nitrogen and oxygen atoms in total. The third kappa shape index (κ3) is 4.62. The van der Waals surface area contributed by atoms with Gasteiger partial charge in [-0.2, -0.15) is 0 Å². The monoisotopic (exact) mass is 340 g/mol. The highest BCUT2D eigenvalue weighted by Crippen LogP contribution is 2.27. The summed E-state index contributed by atoms with van der Waals surface area (Å²) in [4.78, 5) is 18.6. The van der Waals surface area contributed by atoms with E-state index in [1.165, 1.54) is 31.2 Å². The number of hydrogen-bond acceptors (Lipinski definition) is 2. The summed E-state index contributed by atoms with van der Waals surface area (Å²) >= 11 is 0. The Hall–Kier alpha value is -2.30. The van der Waals surface area contributed by atoms with Crippen LogP contribution >= 0.6 is 0 Å². The molecule has 1 heterocycles. The average Bonchev–Trinajstić information content (AvgIpc) is 3.09. The number of guanidine groups is 1. The van der Waals surface area contributed by atoms with Crippen molar-refractivity contribution in [1.82, 2.24) is 10.6 Å². The lowest BCUT2D eigenvalue weighted by molar-refractivity contribution is -0.117. The van der Waals surface area contributed by atoms with Crippen molar-refractivity contribution in [1.29, 1.82) is 0 Å². The molecule has 5 heteroatoms. The molecule has 3 rings (SSSR count). The van der Waals surface area contributed by atoms with E-state index in [0.29, 0.717) is 5.96 Å². The van der Waals surface area contributed by atoms with Gasteiger partial charge in [0.1, 0.15) is 0 Å². The van der Waals surface area contributed by atoms with E-state index in [4.69, 9.17) is 0 Å². The number of rotatable bonds is 5. The summed E-state index contributed by atoms with van der Waals surface area (Å²) in [6.07, 6.45) is 9.43. The minimum absolute atomic E-state index is 0.0860. The summed E-state index contributed by atoms with van der Waals surface area (Å²) in [5, 5.41) is 6.45. The Bertz CT molecular complexity index is 665. The summed E-state index contributed by atoms with van der Waals surface area (Å²) in [6, 6.07) is 8.12. The predicted molar refractivity (Wildman–Crippen MR) is 103 cm³/mol. The third-order valence-electron chi connectivity index (χ3n) is 4.94. The number of allylic oxidation sites excluding steroid dienone is 1. The van der Waals surface area contributed by atoms with Gasteiger partial charge in [0.15, 0.2) is 5.96 Å². The van der Waals surface area contributed by atoms with Crippen LogP contribution in [0.2, 0.25) is 0 Å². The fraction of sp³-hybridized carbons (Fsp3) is 0.500. The van der Waals surface area contributed by atoms with Crippen molar-refractivity contribution >= 4 is 17.6 Å². The Morgan fingerprint density at radius 3 is 2.88 bits per heavy atom. The number of benzene rings is 1. The van der Waals surface area contributed by atoms with Gasteiger partial charge < -0.3 is 15.5 Å². The van der Waals surface area contributed by atoms with Crippen LogP contribution in [0.15, 0.2) is 40.9 Å². The van der Waals surface area contributed by atoms with E-state index in [1.807, 2.05) is 23.1 Å². The standard InChI is InChI=1S/C20H28N4O/c1-21-20(22-13-11-16-7-3-2-4-8-16)23-15-19(25)24-14-12-17-9-5-6-10-18(17)24/h5-7,9-10H,2-4,8,11-15H2,1H3,(H2,21,22,23). The predicted octanol–water partition coefficient (Wildman–Crippen LogP) is 2.63. The highest BCUT2D eigenvalue weighted by Gasteiger charge is 2.23. The van der Waals surface area contributed by atoms with Gasteiger partial charge >= 0.3 is 0 Å². The summed E-state index contributed by atoms with van der Waals surface area (Å²) < 4.78 is 0. The normalized spacial score (nSPS) is 17.1. The van der Waals surface area contributed by atoms with Crippen LogP contribution in [0.1, 0.15) is 37.7 Å². The van der Waals surface area contributed by atoms with Crippen LogP contribution in [-0.4, -0.2) is 38.5 Å². The van der Waals surface area contributed by atoms with Crippen molar-refractivity contribution in [3.63, 3.8) is 0 Å². The fourth-order valence-electron chi connectivity index (χ4n) is 3.55. The Kier molecular flexibility index (Phi) is 6.09. The van der Waals surface area contributed by atoms with Crippen LogP contribution in [0.5, 0.6) is 0 Å². The second-order valence-corrected chi connectivity index (χ2v) is 6.63. The van der Waals surface area contributed by atoms with Gasteiger partial charge in [-0.25, -0.2) is 0 Å². The van der Waals surface area contributed by atoms with E-state index in [9.17, 15) is 4.79 Å². The van der Waals surface area contributed by atoms with E-state index < -0.39 is 0 Å². The maximum atomic E-state index is 12.5. The first-order valence-electron chi connectivity index (χ1n) is 9.28. The number of nitrogens with zero attached hydrogens (tertiary/aromatic N) is 2. The van der Waals surface area contributed by atoms with E-state index >= 15 is 0 Å². The van der Waals surface area contributed by atoms with Gasteiger partial charge in [-0.3, -0.25) is 9.79 Å². The number of carbonyl (C=O) groups excluding carboxylic acids is 1. The highest BCUT2D eigenvalue weighted by atomic mass is 16.2. The second-order valence-electron chi connectivity index (χ2n) is 6.63. The van der Waals surface area contributed by atoms with Crippen molar-refractivity contribution in [2.24, 2.45) is 4.99 Å². The summed E-state index contributed by atoms with van der Waals surface area (Å²) in [7, 11) is 1.74. The van der Waals surface area contributed by atoms with E-state index in [-0.39, 0.29) is 12.5 Å². The molecule has 1 aliphatic carbocycles. The van der Waals surface area contributed by atoms with Gasteiger partial charge in [-0.05, 0) is 50.2 Å². The first-order valence-corrected chi connectivity index (χ1v) is 9.28. The molecule has 2 N–H and O–H groups in total. The minimum atomic E-state index is 0.0860. The molecular weight excluding hydrogens is 312 g/mol. The molecule has 1 aliphatic heterocycles. The first kappa shape index (κ1) is 17.5. The Labute approximate surface area is 150 Å². The number of amides is 1. The molecule has 0 atom stereocenters. The molecule has 25 heavy (non-hydrogen) atoms. The van der Waals surface area contributed by atoms with Gasteiger partial charge in [-0.1, -0.05) is 29.8 Å². The smallest absolute Gasteiger partial charge is 0.246 e. The van der Waals surface area contributed by atoms with E-state index in [0.717, 1.165) is 31.6 Å². The molecule has 0 aromatic heterocycles. The quantitative estimate of drug-likeness (QED) is 0.492. The van der Waals surface area contributed by atoms with Crippen LogP contribution in [0.3, 0.4) is 0 Å². The third-order valence-corrected chi connectivity index (χ3v) is 4.94. The van der Waals surface area contributed by atoms with Crippen molar-refractivity contribution in [2.75, 3.05) is 31.6 Å². The molecule has 1 amide bonds. The lowest BCUT2D eigenvalue weighted by Crippen LogP contribution is -2.44. The zero-order chi connectivity index (χ0) is 17.5. The van der Waals surface area contributed by atoms with Gasteiger partial charge in [0.2, 0.25) is 5.91 Å². The minimum Gasteiger partial charge on any atom is -0.356 e. The molecule has 1 aromatic carbocycles. The topological polar surface area (TPSA) is 56.7 Å². The summed E-state index contributed by atoms with van der Waals surface area (Å²) in [6.45, 7) is 1.88. The zero-order valence-electron chi connectivity index (χ0n) is 15.1. The molecule has 0 saturated carbocycles. The van der Waals surface area contributed by atoms with Crippen LogP contribution in [0.4, 0.5) is 5.69 Å². The van der Waals surface area contributed by atoms with E-state index in [2.05, 4.69) is 27.8 Å². The molecule has 0 fully saturated rings. The number of fused-ring (bicyclic) bond motifs is 1. The molecule has 134 valence electrons. The largest absolute Gasteiger partial charge is 0.356 e. The number of hydrogen-bond donors (Lipinski definition) is 2. The van der Waals surface area contributed by atoms with E-state index in [1.54, 1.807) is 12.6 Å². The van der Waals surface area contributed by atoms with Crippen LogP contribution in [0.25, 0.3) is 0 Å². The summed E-state index contributed by atoms with van der Waals surface area (Å²) in [5.41, 5.74) is 3.83. The van der Waals surface area contributed by atoms with Gasteiger partial charge in [0.05, 0.1) is 6.54 Å². The molecule has 0 bridgehead atoms. The van der Waals surface area contributed by atoms with Crippen LogP contribution < -0.4 is 15.5 Å². The molecular formula is C20H28N4O. The van der Waals surface area contributed by atoms with Crippen molar-refractivity contribution < 1.29 is 4.79 Å². The maximum absolute atomic E-state index is 12.5. The number of carbonyl (C=O) groups is 1.